The van der Waals surface area contributed by atoms with Crippen molar-refractivity contribution in [2.75, 3.05) is 90.8 Å². The third kappa shape index (κ3) is 24.6. The molecule has 0 unspecified atom stereocenters. The van der Waals surface area contributed by atoms with Crippen LogP contribution in [-0.4, -0.2) is 158 Å². The van der Waals surface area contributed by atoms with Crippen LogP contribution in [0.15, 0.2) is 250 Å². The molecular formula is C79H67Cl4N25O16S8. The molecule has 7 aromatic heterocycles. The van der Waals surface area contributed by atoms with E-state index >= 15 is 0 Å². The topological polar surface area (TPSA) is 544 Å². The summed E-state index contributed by atoms with van der Waals surface area (Å²) in [4.78, 5) is 110. The fourth-order valence-corrected chi connectivity index (χ4v) is 21.4. The zero-order chi connectivity index (χ0) is 94.3. The van der Waals surface area contributed by atoms with Gasteiger partial charge < -0.3 is 26.6 Å². The van der Waals surface area contributed by atoms with Crippen LogP contribution in [0.2, 0.25) is 17.3 Å². The van der Waals surface area contributed by atoms with Crippen LogP contribution in [0.5, 0.6) is 0 Å². The molecule has 53 heteroatoms. The first kappa shape index (κ1) is 95.6. The summed E-state index contributed by atoms with van der Waals surface area (Å²) in [6.45, 7) is 0. The SMILES string of the molecule is CNc1ccc(C2=NN(c3ccc(NC(=O)NS(=O)(=O)c4ccc(Cl)s4)cc3)C(=O)C2)cc1.CNc1cccc(C2=NN(c3ccc(NC(=O)NS(=O)(=O)c4ccc(Cl)s4)nc3)C(=O)C2)c1.CNc1cccc(C2=NN(c3ccc(NC(=O)NS(=O)(=O)c4ccc(Cl)s4)nn3)C(=O)C2)c1.CNc1cccc(C2=NN(c3cnc(NC(=O)NS(=O)(=O)c4ccc(Cl)s4)cn3)C(=O)C2)c1. The van der Waals surface area contributed by atoms with Gasteiger partial charge in [-0.2, -0.15) is 35.4 Å². The zero-order valence-electron chi connectivity index (χ0n) is 68.2. The van der Waals surface area contributed by atoms with Gasteiger partial charge in [-0.3, -0.25) is 35.1 Å². The lowest BCUT2D eigenvalue weighted by Crippen LogP contribution is -2.34. The Morgan fingerprint density at radius 1 is 0.311 bits per heavy atom. The second-order valence-electron chi connectivity index (χ2n) is 27.0. The molecular weight excluding hydrogens is 1950 g/mol. The minimum Gasteiger partial charge on any atom is -0.388 e. The van der Waals surface area contributed by atoms with Crippen LogP contribution in [0.4, 0.5) is 88.1 Å². The number of hydrogen-bond donors (Lipinski definition) is 12. The number of urea groups is 4. The van der Waals surface area contributed by atoms with E-state index < -0.39 is 64.2 Å². The number of aromatic nitrogens is 5. The summed E-state index contributed by atoms with van der Waals surface area (Å²) >= 11 is 26.3. The lowest BCUT2D eigenvalue weighted by molar-refractivity contribution is -0.117. The second kappa shape index (κ2) is 41.8. The van der Waals surface area contributed by atoms with Crippen LogP contribution >= 0.6 is 91.8 Å². The number of hydrogen-bond acceptors (Lipinski definition) is 33. The molecule has 11 heterocycles. The van der Waals surface area contributed by atoms with Crippen molar-refractivity contribution in [2.24, 2.45) is 20.4 Å². The molecule has 0 saturated carbocycles. The van der Waals surface area contributed by atoms with Crippen molar-refractivity contribution in [1.29, 1.82) is 0 Å². The van der Waals surface area contributed by atoms with Gasteiger partial charge in [0.05, 0.1) is 95.8 Å². The summed E-state index contributed by atoms with van der Waals surface area (Å²) in [6.07, 6.45) is 4.30. The van der Waals surface area contributed by atoms with Crippen LogP contribution < -0.4 is 81.5 Å². The Morgan fingerprint density at radius 3 is 1.02 bits per heavy atom. The molecule has 680 valence electrons. The van der Waals surface area contributed by atoms with Crippen molar-refractivity contribution in [3.8, 4) is 0 Å². The van der Waals surface area contributed by atoms with Gasteiger partial charge >= 0.3 is 24.1 Å². The predicted molar refractivity (Wildman–Crippen MR) is 508 cm³/mol. The van der Waals surface area contributed by atoms with Crippen molar-refractivity contribution >= 4 is 271 Å². The summed E-state index contributed by atoms with van der Waals surface area (Å²) in [7, 11) is -9.01. The smallest absolute Gasteiger partial charge is 0.334 e. The van der Waals surface area contributed by atoms with Crippen molar-refractivity contribution < 1.29 is 72.0 Å². The van der Waals surface area contributed by atoms with Crippen LogP contribution in [0.3, 0.4) is 0 Å². The van der Waals surface area contributed by atoms with E-state index in [-0.39, 0.29) is 108 Å². The van der Waals surface area contributed by atoms with E-state index in [9.17, 15) is 72.0 Å². The summed E-state index contributed by atoms with van der Waals surface area (Å²) < 4.78 is 106. The predicted octanol–water partition coefficient (Wildman–Crippen LogP) is 13.4. The van der Waals surface area contributed by atoms with Gasteiger partial charge in [-0.1, -0.05) is 94.9 Å². The monoisotopic (exact) mass is 2020 g/mol. The molecule has 16 rings (SSSR count). The summed E-state index contributed by atoms with van der Waals surface area (Å²) in [6, 6.07) is 49.1. The molecule has 0 atom stereocenters. The maximum Gasteiger partial charge on any atom is 0.334 e. The maximum absolute atomic E-state index is 12.5. The Balaban J connectivity index is 0.000000150. The number of anilines is 12. The second-order valence-corrected chi connectivity index (χ2v) is 41.5. The number of carbonyl (C=O) groups is 8. The number of nitrogens with zero attached hydrogens (tertiary/aromatic N) is 13. The van der Waals surface area contributed by atoms with Crippen molar-refractivity contribution in [3.05, 3.63) is 252 Å². The van der Waals surface area contributed by atoms with Crippen LogP contribution in [0.25, 0.3) is 0 Å². The highest BCUT2D eigenvalue weighted by atomic mass is 35.5. The Morgan fingerprint density at radius 2 is 0.652 bits per heavy atom. The number of amides is 12. The molecule has 4 aliphatic heterocycles. The molecule has 132 heavy (non-hydrogen) atoms. The number of thiophene rings is 4. The third-order valence-electron chi connectivity index (χ3n) is 18.0. The Labute approximate surface area is 787 Å². The van der Waals surface area contributed by atoms with E-state index in [4.69, 9.17) is 46.4 Å². The maximum atomic E-state index is 12.5. The number of benzene rings is 5. The quantitative estimate of drug-likeness (QED) is 0.0267. The van der Waals surface area contributed by atoms with Gasteiger partial charge in [0.2, 0.25) is 0 Å². The molecule has 0 saturated heterocycles. The van der Waals surface area contributed by atoms with E-state index in [1.807, 2.05) is 130 Å². The summed E-state index contributed by atoms with van der Waals surface area (Å²) in [5, 5.41) is 51.5. The molecule has 4 aliphatic rings. The zero-order valence-corrected chi connectivity index (χ0v) is 77.7. The normalized spacial score (nSPS) is 13.6. The highest BCUT2D eigenvalue weighted by Gasteiger charge is 2.33. The number of pyridine rings is 1. The molecule has 0 radical (unpaired) electrons. The molecule has 0 spiro atoms. The highest BCUT2D eigenvalue weighted by molar-refractivity contribution is 7.93. The standard InChI is InChI=1S/C21H18ClN5O4S2.C20H17ClN6O4S2.2C19H16ClN7O4S2/c1-23-14-4-2-13(3-5-14)17-12-19(28)27(25-17)16-8-6-15(7-9-16)24-21(29)26-33(30,31)20-11-10-18(22)32-20;1-22-13-4-2-3-12(9-13)15-10-18(28)27(25-15)14-5-7-17(23-11-14)24-20(29)26-33(30,31)19-8-6-16(21)32-19;1-21-12-4-2-3-11(9-12)13-10-17(28)27(25-13)16-7-6-15(23-24-16)22-19(29)26-33(30,31)18-8-5-14(20)32-18;1-21-12-4-2-3-11(7-12)13-8-17(28)27(25-13)16-10-22-15(9-23-16)24-19(29)26-33(30,31)18-6-5-14(20)32-18/h2-11,23H,12H2,1H3,(H2,24,26,29);2-9,11,22H,10H2,1H3,(H2,23,24,26,29);2-9,21H,10H2,1H3,(H2,22,23,26,29);2-7,9-10,21H,8H2,1H3,(H2,22,24,26,29). The molecule has 0 fully saturated rings. The van der Waals surface area contributed by atoms with Crippen molar-refractivity contribution in [2.45, 2.75) is 42.5 Å². The number of sulfonamides is 4. The van der Waals surface area contributed by atoms with Gasteiger partial charge in [-0.05, 0) is 151 Å². The Bertz CT molecular complexity index is 6580. The van der Waals surface area contributed by atoms with Crippen LogP contribution in [-0.2, 0) is 59.3 Å². The van der Waals surface area contributed by atoms with Gasteiger partial charge in [0.15, 0.2) is 23.3 Å². The number of hydrazone groups is 4. The minimum absolute atomic E-state index is 0.0202. The lowest BCUT2D eigenvalue weighted by Gasteiger charge is -2.13. The number of carbonyl (C=O) groups excluding carboxylic acids is 8. The molecule has 5 aromatic carbocycles. The average Bonchev–Trinajstić information content (AvgIpc) is 1.67. The fraction of sp³-hybridized carbons (Fsp3) is 0.101. The average molecular weight is 2020 g/mol. The Kier molecular flexibility index (Phi) is 30.3. The molecule has 41 nitrogen and oxygen atoms in total. The summed E-state index contributed by atoms with van der Waals surface area (Å²) in [5.74, 6) is -0.600. The van der Waals surface area contributed by atoms with E-state index in [0.717, 1.165) is 100 Å². The van der Waals surface area contributed by atoms with Gasteiger partial charge in [-0.25, -0.2) is 91.7 Å². The van der Waals surface area contributed by atoms with Crippen molar-refractivity contribution in [1.82, 2.24) is 44.0 Å². The number of halogens is 4. The van der Waals surface area contributed by atoms with Crippen LogP contribution in [0.1, 0.15) is 47.9 Å². The van der Waals surface area contributed by atoms with Gasteiger partial charge in [-0.15, -0.1) is 55.5 Å². The number of nitrogens with one attached hydrogen (secondary N) is 12. The minimum atomic E-state index is -4.08. The first-order chi connectivity index (χ1) is 63.0. The van der Waals surface area contributed by atoms with Gasteiger partial charge in [0, 0.05) is 73.3 Å². The van der Waals surface area contributed by atoms with Crippen LogP contribution in [0, 0.1) is 0 Å². The number of rotatable bonds is 24. The van der Waals surface area contributed by atoms with Gasteiger partial charge in [0.1, 0.15) is 22.7 Å². The summed E-state index contributed by atoms with van der Waals surface area (Å²) in [5.41, 5.74) is 10.6. The third-order valence-corrected chi connectivity index (χ3v) is 30.3. The van der Waals surface area contributed by atoms with E-state index in [1.165, 1.54) is 95.3 Å². The first-order valence-electron chi connectivity index (χ1n) is 37.8. The first-order valence-corrected chi connectivity index (χ1v) is 48.5. The van der Waals surface area contributed by atoms with Crippen molar-refractivity contribution in [3.63, 3.8) is 0 Å². The highest BCUT2D eigenvalue weighted by Crippen LogP contribution is 2.34. The molecule has 12 amide bonds. The Hall–Kier alpha value is -14.0. The molecule has 12 aromatic rings. The van der Waals surface area contributed by atoms with Gasteiger partial charge in [0.25, 0.3) is 63.7 Å². The van der Waals surface area contributed by atoms with E-state index in [0.29, 0.717) is 44.2 Å². The molecule has 0 aliphatic carbocycles. The van der Waals surface area contributed by atoms with E-state index in [2.05, 4.69) is 88.1 Å². The largest absolute Gasteiger partial charge is 0.388 e. The van der Waals surface area contributed by atoms with E-state index in [1.54, 1.807) is 44.4 Å². The lowest BCUT2D eigenvalue weighted by atomic mass is 10.1. The fourth-order valence-electron chi connectivity index (χ4n) is 11.8. The molecule has 12 N–H and O–H groups in total. The molecule has 0 bridgehead atoms.